The van der Waals surface area contributed by atoms with Crippen molar-refractivity contribution in [2.24, 2.45) is 0 Å². The van der Waals surface area contributed by atoms with Crippen LogP contribution >= 0.6 is 0 Å². The molecule has 0 aliphatic rings. The van der Waals surface area contributed by atoms with Gasteiger partial charge in [-0.15, -0.1) is 0 Å². The van der Waals surface area contributed by atoms with Crippen LogP contribution in [-0.4, -0.2) is 35.1 Å². The molecule has 0 fully saturated rings. The van der Waals surface area contributed by atoms with E-state index < -0.39 is 0 Å². The highest BCUT2D eigenvalue weighted by molar-refractivity contribution is 5.83. The molecule has 3 N–H and O–H groups in total. The van der Waals surface area contributed by atoms with E-state index in [0.29, 0.717) is 6.54 Å². The Morgan fingerprint density at radius 2 is 2.18 bits per heavy atom. The first-order valence-corrected chi connectivity index (χ1v) is 5.59. The molecular weight excluding hydrogens is 220 g/mol. The van der Waals surface area contributed by atoms with Crippen molar-refractivity contribution in [1.82, 2.24) is 20.8 Å². The lowest BCUT2D eigenvalue weighted by Crippen LogP contribution is -2.36. The summed E-state index contributed by atoms with van der Waals surface area (Å²) in [5.41, 5.74) is 2.23. The number of hydrogen-bond donors (Lipinski definition) is 3. The average Bonchev–Trinajstić information content (AvgIpc) is 2.68. The zero-order chi connectivity index (χ0) is 12.7. The van der Waals surface area contributed by atoms with Crippen LogP contribution < -0.4 is 10.6 Å². The van der Waals surface area contributed by atoms with Crippen LogP contribution in [0.4, 0.5) is 0 Å². The van der Waals surface area contributed by atoms with E-state index in [4.69, 9.17) is 0 Å². The lowest BCUT2D eigenvalue weighted by atomic mass is 10.1. The maximum atomic E-state index is 11.2. The Morgan fingerprint density at radius 3 is 2.76 bits per heavy atom. The number of aryl methyl sites for hydroxylation is 2. The van der Waals surface area contributed by atoms with Gasteiger partial charge >= 0.3 is 0 Å². The van der Waals surface area contributed by atoms with Crippen LogP contribution in [-0.2, 0) is 16.0 Å². The van der Waals surface area contributed by atoms with Crippen molar-refractivity contribution in [3.05, 3.63) is 17.5 Å². The molecule has 0 bridgehead atoms. The third-order valence-corrected chi connectivity index (χ3v) is 2.38. The van der Waals surface area contributed by atoms with Crippen LogP contribution in [0, 0.1) is 6.92 Å². The van der Waals surface area contributed by atoms with Gasteiger partial charge in [0, 0.05) is 19.2 Å². The van der Waals surface area contributed by atoms with Gasteiger partial charge in [0.25, 0.3) is 0 Å². The number of rotatable bonds is 6. The van der Waals surface area contributed by atoms with Crippen LogP contribution in [0.1, 0.15) is 24.6 Å². The van der Waals surface area contributed by atoms with Crippen molar-refractivity contribution >= 4 is 11.8 Å². The van der Waals surface area contributed by atoms with E-state index in [9.17, 15) is 9.59 Å². The average molecular weight is 238 g/mol. The van der Waals surface area contributed by atoms with Crippen molar-refractivity contribution in [2.75, 3.05) is 13.1 Å². The second kappa shape index (κ2) is 6.67. The fourth-order valence-electron chi connectivity index (χ4n) is 1.40. The Labute approximate surface area is 100 Å². The smallest absolute Gasteiger partial charge is 0.239 e. The molecule has 1 aromatic heterocycles. The molecule has 6 nitrogen and oxygen atoms in total. The summed E-state index contributed by atoms with van der Waals surface area (Å²) in [5, 5.41) is 12.0. The number of aromatic nitrogens is 2. The maximum absolute atomic E-state index is 11.2. The molecule has 0 aliphatic carbocycles. The van der Waals surface area contributed by atoms with E-state index in [0.717, 1.165) is 18.5 Å². The summed E-state index contributed by atoms with van der Waals surface area (Å²) in [5.74, 6) is -0.363. The molecule has 0 spiro atoms. The van der Waals surface area contributed by atoms with E-state index in [-0.39, 0.29) is 18.4 Å². The maximum Gasteiger partial charge on any atom is 0.239 e. The Morgan fingerprint density at radius 1 is 1.41 bits per heavy atom. The zero-order valence-electron chi connectivity index (χ0n) is 10.2. The highest BCUT2D eigenvalue weighted by Gasteiger charge is 2.02. The topological polar surface area (TPSA) is 86.9 Å². The molecule has 94 valence electrons. The van der Waals surface area contributed by atoms with Crippen molar-refractivity contribution < 1.29 is 9.59 Å². The van der Waals surface area contributed by atoms with E-state index in [2.05, 4.69) is 20.8 Å². The Hall–Kier alpha value is -1.85. The molecule has 1 heterocycles. The first-order valence-electron chi connectivity index (χ1n) is 5.59. The normalized spacial score (nSPS) is 10.0. The summed E-state index contributed by atoms with van der Waals surface area (Å²) in [6.07, 6.45) is 3.53. The molecule has 1 rings (SSSR count). The fourth-order valence-corrected chi connectivity index (χ4v) is 1.40. The van der Waals surface area contributed by atoms with Gasteiger partial charge in [-0.05, 0) is 25.3 Å². The minimum atomic E-state index is -0.200. The molecule has 0 aromatic carbocycles. The molecule has 0 atom stereocenters. The molecule has 1 aromatic rings. The van der Waals surface area contributed by atoms with Gasteiger partial charge in [-0.25, -0.2) is 0 Å². The second-order valence-electron chi connectivity index (χ2n) is 3.88. The zero-order valence-corrected chi connectivity index (χ0v) is 10.2. The van der Waals surface area contributed by atoms with E-state index >= 15 is 0 Å². The molecule has 6 heteroatoms. The summed E-state index contributed by atoms with van der Waals surface area (Å²) >= 11 is 0. The Kier molecular flexibility index (Phi) is 5.19. The lowest BCUT2D eigenvalue weighted by molar-refractivity contribution is -0.125. The Balaban J connectivity index is 2.10. The molecule has 0 saturated carbocycles. The van der Waals surface area contributed by atoms with Gasteiger partial charge < -0.3 is 10.6 Å². The standard InChI is InChI=1S/C11H18N4O2/c1-8-10(6-14-15-8)4-3-5-12-11(17)7-13-9(2)16/h6H,3-5,7H2,1-2H3,(H,12,17)(H,13,16)(H,14,15). The summed E-state index contributed by atoms with van der Waals surface area (Å²) in [4.78, 5) is 21.8. The highest BCUT2D eigenvalue weighted by Crippen LogP contribution is 2.04. The van der Waals surface area contributed by atoms with E-state index in [1.165, 1.54) is 12.5 Å². The number of carbonyl (C=O) groups excluding carboxylic acids is 2. The van der Waals surface area contributed by atoms with Crippen LogP contribution in [0.25, 0.3) is 0 Å². The highest BCUT2D eigenvalue weighted by atomic mass is 16.2. The quantitative estimate of drug-likeness (QED) is 0.605. The number of amides is 2. The Bertz CT molecular complexity index is 387. The third-order valence-electron chi connectivity index (χ3n) is 2.38. The van der Waals surface area contributed by atoms with E-state index in [1.54, 1.807) is 6.20 Å². The molecule has 0 radical (unpaired) electrons. The van der Waals surface area contributed by atoms with Crippen molar-refractivity contribution in [2.45, 2.75) is 26.7 Å². The molecule has 2 amide bonds. The summed E-state index contributed by atoms with van der Waals surface area (Å²) in [6, 6.07) is 0. The number of aromatic amines is 1. The minimum absolute atomic E-state index is 0.0417. The summed E-state index contributed by atoms with van der Waals surface area (Å²) in [6.45, 7) is 4.00. The van der Waals surface area contributed by atoms with Crippen LogP contribution in [0.2, 0.25) is 0 Å². The molecule has 0 unspecified atom stereocenters. The SMILES string of the molecule is CC(=O)NCC(=O)NCCCc1cn[nH]c1C. The molecule has 17 heavy (non-hydrogen) atoms. The van der Waals surface area contributed by atoms with Crippen molar-refractivity contribution in [3.63, 3.8) is 0 Å². The molecule has 0 saturated heterocycles. The van der Waals surface area contributed by atoms with Crippen molar-refractivity contribution in [3.8, 4) is 0 Å². The number of hydrogen-bond acceptors (Lipinski definition) is 3. The van der Waals surface area contributed by atoms with Gasteiger partial charge in [-0.3, -0.25) is 14.7 Å². The first-order chi connectivity index (χ1) is 8.09. The molecular formula is C11H18N4O2. The number of carbonyl (C=O) groups is 2. The first kappa shape index (κ1) is 13.2. The summed E-state index contributed by atoms with van der Waals surface area (Å²) in [7, 11) is 0. The third kappa shape index (κ3) is 5.14. The lowest BCUT2D eigenvalue weighted by Gasteiger charge is -2.05. The number of nitrogens with one attached hydrogen (secondary N) is 3. The van der Waals surface area contributed by atoms with Gasteiger partial charge in [0.05, 0.1) is 12.7 Å². The fraction of sp³-hybridized carbons (Fsp3) is 0.545. The second-order valence-corrected chi connectivity index (χ2v) is 3.88. The number of nitrogens with zero attached hydrogens (tertiary/aromatic N) is 1. The molecule has 0 aliphatic heterocycles. The van der Waals surface area contributed by atoms with E-state index in [1.807, 2.05) is 6.92 Å². The number of H-pyrrole nitrogens is 1. The van der Waals surface area contributed by atoms with Gasteiger partial charge in [0.15, 0.2) is 0 Å². The van der Waals surface area contributed by atoms with Gasteiger partial charge in [0.2, 0.25) is 11.8 Å². The van der Waals surface area contributed by atoms with Crippen LogP contribution in [0.15, 0.2) is 6.20 Å². The summed E-state index contributed by atoms with van der Waals surface area (Å²) < 4.78 is 0. The van der Waals surface area contributed by atoms with Gasteiger partial charge in [-0.2, -0.15) is 5.10 Å². The predicted octanol–water partition coefficient (Wildman–Crippen LogP) is -0.0970. The van der Waals surface area contributed by atoms with Crippen LogP contribution in [0.5, 0.6) is 0 Å². The van der Waals surface area contributed by atoms with Crippen LogP contribution in [0.3, 0.4) is 0 Å². The minimum Gasteiger partial charge on any atom is -0.355 e. The van der Waals surface area contributed by atoms with Gasteiger partial charge in [0.1, 0.15) is 0 Å². The largest absolute Gasteiger partial charge is 0.355 e. The monoisotopic (exact) mass is 238 g/mol. The predicted molar refractivity (Wildman–Crippen MR) is 63.3 cm³/mol. The van der Waals surface area contributed by atoms with Crippen molar-refractivity contribution in [1.29, 1.82) is 0 Å². The van der Waals surface area contributed by atoms with Gasteiger partial charge in [-0.1, -0.05) is 0 Å².